The van der Waals surface area contributed by atoms with Gasteiger partial charge in [0.25, 0.3) is 0 Å². The quantitative estimate of drug-likeness (QED) is 0.172. The highest BCUT2D eigenvalue weighted by Gasteiger charge is 2.35. The fraction of sp³-hybridized carbons (Fsp3) is 1.00. The molecule has 0 saturated carbocycles. The van der Waals surface area contributed by atoms with E-state index in [1.165, 1.54) is 0 Å². The molecular formula is C18H39O7P. The standard InChI is InChI=1S/C18H39O7P/c1-4-7-10-13-16(19)23-26(22,24-17(20)14-11-8-5-2)25-18(21)15-12-9-6-3/h16-21H,4-15H2,1-3H3. The van der Waals surface area contributed by atoms with Gasteiger partial charge in [-0.2, -0.15) is 0 Å². The Hall–Kier alpha value is -0.0100. The largest absolute Gasteiger partial charge is 0.481 e. The molecule has 0 amide bonds. The molecule has 0 fully saturated rings. The second-order valence-corrected chi connectivity index (χ2v) is 8.14. The third-order valence-corrected chi connectivity index (χ3v) is 5.42. The molecular weight excluding hydrogens is 359 g/mol. The van der Waals surface area contributed by atoms with E-state index in [0.29, 0.717) is 19.3 Å². The van der Waals surface area contributed by atoms with E-state index in [2.05, 4.69) is 0 Å². The molecule has 26 heavy (non-hydrogen) atoms. The van der Waals surface area contributed by atoms with Crippen molar-refractivity contribution < 1.29 is 33.5 Å². The van der Waals surface area contributed by atoms with Crippen molar-refractivity contribution in [2.45, 2.75) is 117 Å². The zero-order valence-electron chi connectivity index (χ0n) is 16.6. The molecule has 0 aromatic carbocycles. The topological polar surface area (TPSA) is 105 Å². The van der Waals surface area contributed by atoms with Gasteiger partial charge in [-0.1, -0.05) is 59.3 Å². The summed E-state index contributed by atoms with van der Waals surface area (Å²) in [7, 11) is -4.28. The number of phosphoric acid groups is 1. The maximum absolute atomic E-state index is 12.8. The molecule has 0 saturated heterocycles. The predicted molar refractivity (Wildman–Crippen MR) is 101 cm³/mol. The molecule has 8 heteroatoms. The van der Waals surface area contributed by atoms with Crippen LogP contribution in [0.3, 0.4) is 0 Å². The molecule has 3 atom stereocenters. The molecule has 158 valence electrons. The van der Waals surface area contributed by atoms with Gasteiger partial charge < -0.3 is 15.3 Å². The van der Waals surface area contributed by atoms with Crippen molar-refractivity contribution in [3.05, 3.63) is 0 Å². The van der Waals surface area contributed by atoms with Crippen molar-refractivity contribution in [2.24, 2.45) is 0 Å². The molecule has 0 aliphatic heterocycles. The van der Waals surface area contributed by atoms with Crippen molar-refractivity contribution in [3.63, 3.8) is 0 Å². The molecule has 0 heterocycles. The van der Waals surface area contributed by atoms with Crippen LogP contribution in [0.5, 0.6) is 0 Å². The summed E-state index contributed by atoms with van der Waals surface area (Å²) >= 11 is 0. The smallest absolute Gasteiger partial charge is 0.367 e. The van der Waals surface area contributed by atoms with E-state index in [1.54, 1.807) is 0 Å². The number of aliphatic hydroxyl groups excluding tert-OH is 3. The fourth-order valence-corrected chi connectivity index (χ4v) is 3.75. The van der Waals surface area contributed by atoms with Crippen LogP contribution in [0.25, 0.3) is 0 Å². The monoisotopic (exact) mass is 398 g/mol. The minimum atomic E-state index is -4.28. The molecule has 0 rings (SSSR count). The third-order valence-electron chi connectivity index (χ3n) is 3.92. The number of hydrogen-bond donors (Lipinski definition) is 3. The number of phosphoric ester groups is 1. The molecule has 0 spiro atoms. The van der Waals surface area contributed by atoms with Gasteiger partial charge in [0, 0.05) is 0 Å². The first-order valence-corrected chi connectivity index (χ1v) is 11.5. The van der Waals surface area contributed by atoms with E-state index in [1.807, 2.05) is 20.8 Å². The van der Waals surface area contributed by atoms with E-state index in [-0.39, 0.29) is 19.3 Å². The van der Waals surface area contributed by atoms with Gasteiger partial charge >= 0.3 is 7.82 Å². The van der Waals surface area contributed by atoms with Crippen LogP contribution in [0.1, 0.15) is 97.8 Å². The maximum atomic E-state index is 12.8. The number of aliphatic hydroxyl groups is 3. The zero-order chi connectivity index (χ0) is 19.8. The Labute approximate surface area is 158 Å². The van der Waals surface area contributed by atoms with Gasteiger partial charge in [-0.15, -0.1) is 0 Å². The molecule has 3 unspecified atom stereocenters. The van der Waals surface area contributed by atoms with Crippen LogP contribution in [0, 0.1) is 0 Å². The van der Waals surface area contributed by atoms with Gasteiger partial charge in [-0.3, -0.25) is 13.6 Å². The second-order valence-electron chi connectivity index (χ2n) is 6.61. The summed E-state index contributed by atoms with van der Waals surface area (Å²) in [6, 6.07) is 0. The van der Waals surface area contributed by atoms with Crippen LogP contribution in [-0.4, -0.2) is 34.2 Å². The summed E-state index contributed by atoms with van der Waals surface area (Å²) in [6.45, 7) is 6.09. The molecule has 0 radical (unpaired) electrons. The van der Waals surface area contributed by atoms with Gasteiger partial charge in [0.1, 0.15) is 0 Å². The average molecular weight is 398 g/mol. The molecule has 7 nitrogen and oxygen atoms in total. The van der Waals surface area contributed by atoms with E-state index in [0.717, 1.165) is 38.5 Å². The normalized spacial score (nSPS) is 17.6. The van der Waals surface area contributed by atoms with Crippen LogP contribution >= 0.6 is 7.82 Å². The van der Waals surface area contributed by atoms with Gasteiger partial charge in [-0.05, 0) is 38.5 Å². The van der Waals surface area contributed by atoms with Crippen molar-refractivity contribution in [1.29, 1.82) is 0 Å². The highest BCUT2D eigenvalue weighted by Crippen LogP contribution is 2.53. The average Bonchev–Trinajstić information content (AvgIpc) is 2.55. The number of hydrogen-bond acceptors (Lipinski definition) is 7. The Kier molecular flexibility index (Phi) is 16.0. The minimum absolute atomic E-state index is 0.280. The summed E-state index contributed by atoms with van der Waals surface area (Å²) in [5.74, 6) is 0. The Morgan fingerprint density at radius 3 is 1.12 bits per heavy atom. The SMILES string of the molecule is CCCCCC(O)OP(=O)(OC(O)CCCCC)OC(O)CCCCC. The van der Waals surface area contributed by atoms with Crippen LogP contribution < -0.4 is 0 Å². The zero-order valence-corrected chi connectivity index (χ0v) is 17.5. The molecule has 0 bridgehead atoms. The van der Waals surface area contributed by atoms with Crippen LogP contribution in [0.4, 0.5) is 0 Å². The first-order valence-electron chi connectivity index (χ1n) is 10.1. The van der Waals surface area contributed by atoms with Crippen LogP contribution in [0.2, 0.25) is 0 Å². The second kappa shape index (κ2) is 16.0. The maximum Gasteiger partial charge on any atom is 0.481 e. The van der Waals surface area contributed by atoms with Gasteiger partial charge in [0.15, 0.2) is 18.9 Å². The minimum Gasteiger partial charge on any atom is -0.367 e. The highest BCUT2D eigenvalue weighted by molar-refractivity contribution is 7.48. The van der Waals surface area contributed by atoms with Gasteiger partial charge in [-0.25, -0.2) is 4.57 Å². The summed E-state index contributed by atoms with van der Waals surface area (Å²) in [5.41, 5.74) is 0. The lowest BCUT2D eigenvalue weighted by Gasteiger charge is -2.25. The molecule has 3 N–H and O–H groups in total. The van der Waals surface area contributed by atoms with E-state index >= 15 is 0 Å². The summed E-state index contributed by atoms with van der Waals surface area (Å²) in [4.78, 5) is 0. The Bertz CT molecular complexity index is 315. The lowest BCUT2D eigenvalue weighted by Crippen LogP contribution is -2.21. The summed E-state index contributed by atoms with van der Waals surface area (Å²) in [5, 5.41) is 29.8. The predicted octanol–water partition coefficient (Wildman–Crippen LogP) is 4.84. The molecule has 0 aromatic rings. The van der Waals surface area contributed by atoms with E-state index in [9.17, 15) is 19.9 Å². The third kappa shape index (κ3) is 14.1. The van der Waals surface area contributed by atoms with Crippen molar-refractivity contribution in [3.8, 4) is 0 Å². The molecule has 0 aromatic heterocycles. The number of rotatable bonds is 18. The van der Waals surface area contributed by atoms with Gasteiger partial charge in [0.05, 0.1) is 0 Å². The fourth-order valence-electron chi connectivity index (χ4n) is 2.39. The Balaban J connectivity index is 4.69. The summed E-state index contributed by atoms with van der Waals surface area (Å²) < 4.78 is 28.1. The first kappa shape index (κ1) is 26.0. The molecule has 0 aliphatic rings. The highest BCUT2D eigenvalue weighted by atomic mass is 31.2. The van der Waals surface area contributed by atoms with Gasteiger partial charge in [0.2, 0.25) is 0 Å². The molecule has 0 aliphatic carbocycles. The van der Waals surface area contributed by atoms with E-state index in [4.69, 9.17) is 13.6 Å². The Morgan fingerprint density at radius 1 is 0.615 bits per heavy atom. The van der Waals surface area contributed by atoms with Crippen molar-refractivity contribution in [1.82, 2.24) is 0 Å². The lowest BCUT2D eigenvalue weighted by molar-refractivity contribution is -0.123. The van der Waals surface area contributed by atoms with Crippen molar-refractivity contribution in [2.75, 3.05) is 0 Å². The van der Waals surface area contributed by atoms with Crippen LogP contribution in [0.15, 0.2) is 0 Å². The first-order chi connectivity index (χ1) is 12.4. The lowest BCUT2D eigenvalue weighted by atomic mass is 10.2. The summed E-state index contributed by atoms with van der Waals surface area (Å²) in [6.07, 6.45) is 4.60. The Morgan fingerprint density at radius 2 is 0.885 bits per heavy atom. The van der Waals surface area contributed by atoms with Crippen molar-refractivity contribution >= 4 is 7.82 Å². The van der Waals surface area contributed by atoms with Crippen LogP contribution in [-0.2, 0) is 18.1 Å². The van der Waals surface area contributed by atoms with E-state index < -0.39 is 26.7 Å². The number of unbranched alkanes of at least 4 members (excludes halogenated alkanes) is 6.